The van der Waals surface area contributed by atoms with Crippen molar-refractivity contribution in [1.29, 1.82) is 0 Å². The van der Waals surface area contributed by atoms with Crippen LogP contribution in [0.25, 0.3) is 0 Å². The Morgan fingerprint density at radius 2 is 1.55 bits per heavy atom. The lowest BCUT2D eigenvalue weighted by Crippen LogP contribution is -2.31. The first-order chi connectivity index (χ1) is 14.8. The average Bonchev–Trinajstić information content (AvgIpc) is 3.04. The number of hydrogen-bond donors (Lipinski definition) is 2. The summed E-state index contributed by atoms with van der Waals surface area (Å²) in [5.41, 5.74) is 6.49. The van der Waals surface area contributed by atoms with Crippen LogP contribution in [-0.4, -0.2) is 44.2 Å². The van der Waals surface area contributed by atoms with Crippen LogP contribution in [0.15, 0.2) is 53.4 Å². The van der Waals surface area contributed by atoms with E-state index < -0.39 is 15.9 Å². The lowest BCUT2D eigenvalue weighted by atomic mass is 10.1. The van der Waals surface area contributed by atoms with Gasteiger partial charge in [-0.25, -0.2) is 8.42 Å². The SMILES string of the molecule is NC(=O)Cc1ccc(NC(=O)COc2ccc(S(=O)(=O)N3CCCCCC3)cc2)cc1. The van der Waals surface area contributed by atoms with Crippen molar-refractivity contribution in [2.45, 2.75) is 37.0 Å². The van der Waals surface area contributed by atoms with E-state index in [1.165, 1.54) is 16.4 Å². The maximum Gasteiger partial charge on any atom is 0.262 e. The van der Waals surface area contributed by atoms with E-state index in [0.29, 0.717) is 24.5 Å². The minimum absolute atomic E-state index is 0.140. The number of nitrogens with two attached hydrogens (primary N) is 1. The quantitative estimate of drug-likeness (QED) is 0.646. The van der Waals surface area contributed by atoms with E-state index in [0.717, 1.165) is 31.2 Å². The van der Waals surface area contributed by atoms with Crippen molar-refractivity contribution in [3.8, 4) is 5.75 Å². The van der Waals surface area contributed by atoms with Crippen LogP contribution >= 0.6 is 0 Å². The Bertz CT molecular complexity index is 996. The van der Waals surface area contributed by atoms with E-state index in [-0.39, 0.29) is 23.8 Å². The first-order valence-corrected chi connectivity index (χ1v) is 11.7. The molecule has 31 heavy (non-hydrogen) atoms. The third kappa shape index (κ3) is 6.53. The zero-order chi connectivity index (χ0) is 22.3. The third-order valence-electron chi connectivity index (χ3n) is 5.01. The van der Waals surface area contributed by atoms with Crippen molar-refractivity contribution < 1.29 is 22.7 Å². The molecule has 3 N–H and O–H groups in total. The molecule has 0 aliphatic carbocycles. The van der Waals surface area contributed by atoms with Crippen LogP contribution in [0.1, 0.15) is 31.2 Å². The molecule has 2 aromatic rings. The van der Waals surface area contributed by atoms with Gasteiger partial charge in [0.2, 0.25) is 15.9 Å². The van der Waals surface area contributed by atoms with Crippen LogP contribution in [0.3, 0.4) is 0 Å². The second kappa shape index (κ2) is 10.4. The first kappa shape index (κ1) is 22.8. The number of ether oxygens (including phenoxy) is 1. The number of sulfonamides is 1. The molecule has 2 aromatic carbocycles. The predicted molar refractivity (Wildman–Crippen MR) is 117 cm³/mol. The van der Waals surface area contributed by atoms with Crippen LogP contribution in [0.2, 0.25) is 0 Å². The van der Waals surface area contributed by atoms with E-state index >= 15 is 0 Å². The fourth-order valence-corrected chi connectivity index (χ4v) is 4.91. The highest BCUT2D eigenvalue weighted by Crippen LogP contribution is 2.22. The highest BCUT2D eigenvalue weighted by molar-refractivity contribution is 7.89. The van der Waals surface area contributed by atoms with E-state index in [4.69, 9.17) is 10.5 Å². The minimum Gasteiger partial charge on any atom is -0.484 e. The molecule has 1 aliphatic heterocycles. The molecule has 8 nitrogen and oxygen atoms in total. The van der Waals surface area contributed by atoms with Gasteiger partial charge in [-0.2, -0.15) is 4.31 Å². The van der Waals surface area contributed by atoms with Gasteiger partial charge in [0.05, 0.1) is 11.3 Å². The van der Waals surface area contributed by atoms with Gasteiger partial charge >= 0.3 is 0 Å². The number of hydrogen-bond acceptors (Lipinski definition) is 5. The van der Waals surface area contributed by atoms with Gasteiger partial charge in [0.25, 0.3) is 5.91 Å². The third-order valence-corrected chi connectivity index (χ3v) is 6.93. The molecule has 0 atom stereocenters. The van der Waals surface area contributed by atoms with Gasteiger partial charge in [-0.15, -0.1) is 0 Å². The first-order valence-electron chi connectivity index (χ1n) is 10.2. The maximum atomic E-state index is 12.8. The molecule has 9 heteroatoms. The Kier molecular flexibility index (Phi) is 7.64. The Labute approximate surface area is 182 Å². The van der Waals surface area contributed by atoms with E-state index in [1.54, 1.807) is 36.4 Å². The topological polar surface area (TPSA) is 119 Å². The maximum absolute atomic E-state index is 12.8. The highest BCUT2D eigenvalue weighted by atomic mass is 32.2. The van der Waals surface area contributed by atoms with Crippen LogP contribution in [0.5, 0.6) is 5.75 Å². The zero-order valence-corrected chi connectivity index (χ0v) is 18.1. The van der Waals surface area contributed by atoms with Crippen molar-refractivity contribution in [2.75, 3.05) is 25.0 Å². The molecule has 1 saturated heterocycles. The molecule has 1 heterocycles. The molecule has 2 amide bonds. The fraction of sp³-hybridized carbons (Fsp3) is 0.364. The summed E-state index contributed by atoms with van der Waals surface area (Å²) in [6, 6.07) is 12.9. The van der Waals surface area contributed by atoms with Crippen molar-refractivity contribution in [3.05, 3.63) is 54.1 Å². The minimum atomic E-state index is -3.52. The summed E-state index contributed by atoms with van der Waals surface area (Å²) in [5.74, 6) is -0.374. The largest absolute Gasteiger partial charge is 0.484 e. The van der Waals surface area contributed by atoms with Crippen molar-refractivity contribution in [3.63, 3.8) is 0 Å². The molecule has 166 valence electrons. The number of rotatable bonds is 8. The lowest BCUT2D eigenvalue weighted by Gasteiger charge is -2.20. The fourth-order valence-electron chi connectivity index (χ4n) is 3.39. The van der Waals surface area contributed by atoms with Gasteiger partial charge in [0.15, 0.2) is 6.61 Å². The predicted octanol–water partition coefficient (Wildman–Crippen LogP) is 2.30. The number of benzene rings is 2. The summed E-state index contributed by atoms with van der Waals surface area (Å²) in [4.78, 5) is 23.2. The smallest absolute Gasteiger partial charge is 0.262 e. The summed E-state index contributed by atoms with van der Waals surface area (Å²) in [7, 11) is -3.52. The van der Waals surface area contributed by atoms with Crippen molar-refractivity contribution in [1.82, 2.24) is 4.31 Å². The standard InChI is InChI=1S/C22H27N3O5S/c23-21(26)15-17-5-7-18(8-6-17)24-22(27)16-30-19-9-11-20(12-10-19)31(28,29)25-13-3-1-2-4-14-25/h5-12H,1-4,13-16H2,(H2,23,26)(H,24,27). The van der Waals surface area contributed by atoms with Crippen LogP contribution in [0, 0.1) is 0 Å². The second-order valence-electron chi connectivity index (χ2n) is 7.47. The number of primary amides is 1. The molecule has 0 unspecified atom stereocenters. The molecular weight excluding hydrogens is 418 g/mol. The summed E-state index contributed by atoms with van der Waals surface area (Å²) in [6.45, 7) is 0.871. The Morgan fingerprint density at radius 1 is 0.935 bits per heavy atom. The monoisotopic (exact) mass is 445 g/mol. The summed E-state index contributed by atoms with van der Waals surface area (Å²) in [6.07, 6.45) is 4.00. The second-order valence-corrected chi connectivity index (χ2v) is 9.40. The van der Waals surface area contributed by atoms with Crippen LogP contribution < -0.4 is 15.8 Å². The number of anilines is 1. The normalized spacial score (nSPS) is 15.1. The number of nitrogens with zero attached hydrogens (tertiary/aromatic N) is 1. The molecule has 3 rings (SSSR count). The molecular formula is C22H27N3O5S. The van der Waals surface area contributed by atoms with Gasteiger partial charge in [-0.3, -0.25) is 9.59 Å². The van der Waals surface area contributed by atoms with Gasteiger partial charge in [0, 0.05) is 18.8 Å². The lowest BCUT2D eigenvalue weighted by molar-refractivity contribution is -0.118. The molecule has 1 fully saturated rings. The van der Waals surface area contributed by atoms with Crippen molar-refractivity contribution >= 4 is 27.5 Å². The van der Waals surface area contributed by atoms with Gasteiger partial charge in [-0.1, -0.05) is 25.0 Å². The molecule has 0 radical (unpaired) electrons. The van der Waals surface area contributed by atoms with Gasteiger partial charge in [0.1, 0.15) is 5.75 Å². The Balaban J connectivity index is 1.52. The van der Waals surface area contributed by atoms with E-state index in [9.17, 15) is 18.0 Å². The van der Waals surface area contributed by atoms with Gasteiger partial charge in [-0.05, 0) is 54.8 Å². The Morgan fingerprint density at radius 3 is 2.13 bits per heavy atom. The summed E-state index contributed by atoms with van der Waals surface area (Å²) >= 11 is 0. The Hall–Kier alpha value is -2.91. The zero-order valence-electron chi connectivity index (χ0n) is 17.2. The molecule has 0 saturated carbocycles. The number of amides is 2. The molecule has 1 aliphatic rings. The molecule has 0 spiro atoms. The van der Waals surface area contributed by atoms with Crippen molar-refractivity contribution in [2.24, 2.45) is 5.73 Å². The highest BCUT2D eigenvalue weighted by Gasteiger charge is 2.25. The van der Waals surface area contributed by atoms with Gasteiger partial charge < -0.3 is 15.8 Å². The number of carbonyl (C=O) groups is 2. The molecule has 0 aromatic heterocycles. The average molecular weight is 446 g/mol. The molecule has 0 bridgehead atoms. The number of carbonyl (C=O) groups excluding carboxylic acids is 2. The van der Waals surface area contributed by atoms with E-state index in [2.05, 4.69) is 5.32 Å². The van der Waals surface area contributed by atoms with Crippen LogP contribution in [-0.2, 0) is 26.0 Å². The van der Waals surface area contributed by atoms with E-state index in [1.807, 2.05) is 0 Å². The number of nitrogens with one attached hydrogen (secondary N) is 1. The van der Waals surface area contributed by atoms with Crippen LogP contribution in [0.4, 0.5) is 5.69 Å². The summed E-state index contributed by atoms with van der Waals surface area (Å²) < 4.78 is 32.6. The summed E-state index contributed by atoms with van der Waals surface area (Å²) in [5, 5.41) is 2.69.